The van der Waals surface area contributed by atoms with E-state index in [2.05, 4.69) is 15.6 Å². The first kappa shape index (κ1) is 19.2. The van der Waals surface area contributed by atoms with Gasteiger partial charge in [0.2, 0.25) is 0 Å². The first-order chi connectivity index (χ1) is 12.3. The van der Waals surface area contributed by atoms with Crippen molar-refractivity contribution in [1.82, 2.24) is 10.6 Å². The van der Waals surface area contributed by atoms with Crippen molar-refractivity contribution in [1.29, 1.82) is 0 Å². The molecule has 0 fully saturated rings. The number of hydrogen-bond donors (Lipinski definition) is 2. The van der Waals surface area contributed by atoms with Gasteiger partial charge in [0.15, 0.2) is 5.96 Å². The Bertz CT molecular complexity index is 789. The highest BCUT2D eigenvalue weighted by molar-refractivity contribution is 5.79. The molecule has 0 heterocycles. The predicted octanol–water partition coefficient (Wildman–Crippen LogP) is 3.48. The lowest BCUT2D eigenvalue weighted by atomic mass is 10.1. The van der Waals surface area contributed by atoms with Crippen LogP contribution in [0.4, 0.5) is 18.9 Å². The maximum absolute atomic E-state index is 12.5. The van der Waals surface area contributed by atoms with Crippen LogP contribution in [-0.2, 0) is 19.3 Å². The molecule has 2 aromatic carbocycles. The lowest BCUT2D eigenvalue weighted by Crippen LogP contribution is -2.36. The van der Waals surface area contributed by atoms with Crippen molar-refractivity contribution < 1.29 is 18.1 Å². The van der Waals surface area contributed by atoms with Gasteiger partial charge in [0.05, 0.1) is 10.5 Å². The summed E-state index contributed by atoms with van der Waals surface area (Å²) in [5, 5.41) is 16.9. The molecule has 0 saturated carbocycles. The lowest BCUT2D eigenvalue weighted by Gasteiger charge is -2.13. The number of nitrogens with zero attached hydrogens (tertiary/aromatic N) is 2. The van der Waals surface area contributed by atoms with Crippen LogP contribution < -0.4 is 10.6 Å². The molecule has 0 bridgehead atoms. The topological polar surface area (TPSA) is 79.6 Å². The smallest absolute Gasteiger partial charge is 0.352 e. The zero-order chi connectivity index (χ0) is 19.2. The molecule has 0 radical (unpaired) electrons. The largest absolute Gasteiger partial charge is 0.416 e. The molecule has 0 aliphatic heterocycles. The summed E-state index contributed by atoms with van der Waals surface area (Å²) >= 11 is 0. The zero-order valence-corrected chi connectivity index (χ0v) is 13.9. The number of hydrogen-bond acceptors (Lipinski definition) is 3. The molecule has 26 heavy (non-hydrogen) atoms. The molecule has 0 unspecified atom stereocenters. The van der Waals surface area contributed by atoms with Gasteiger partial charge in [-0.15, -0.1) is 0 Å². The maximum atomic E-state index is 12.5. The molecule has 0 aromatic heterocycles. The molecule has 9 heteroatoms. The second-order valence-electron chi connectivity index (χ2n) is 5.36. The summed E-state index contributed by atoms with van der Waals surface area (Å²) in [7, 11) is 1.53. The number of rotatable bonds is 5. The summed E-state index contributed by atoms with van der Waals surface area (Å²) in [5.41, 5.74) is 0.431. The van der Waals surface area contributed by atoms with Crippen molar-refractivity contribution in [2.75, 3.05) is 7.05 Å². The van der Waals surface area contributed by atoms with Crippen molar-refractivity contribution in [3.05, 3.63) is 75.3 Å². The number of halogens is 3. The average molecular weight is 366 g/mol. The summed E-state index contributed by atoms with van der Waals surface area (Å²) in [5.74, 6) is 0.378. The number of benzene rings is 2. The molecule has 138 valence electrons. The second kappa shape index (κ2) is 8.32. The molecule has 0 aliphatic carbocycles. The van der Waals surface area contributed by atoms with Gasteiger partial charge in [-0.25, -0.2) is 0 Å². The minimum atomic E-state index is -4.37. The average Bonchev–Trinajstić information content (AvgIpc) is 2.61. The Labute approximate surface area is 147 Å². The zero-order valence-electron chi connectivity index (χ0n) is 13.9. The standard InChI is InChI=1S/C17H17F3N4O2/c1-21-16(23-11-13-4-2-3-5-15(13)24(25)26)22-10-12-6-8-14(9-7-12)17(18,19)20/h2-9H,10-11H2,1H3,(H2,21,22,23). The normalized spacial score (nSPS) is 11.9. The molecular formula is C17H17F3N4O2. The SMILES string of the molecule is CN=C(NCc1ccc(C(F)(F)F)cc1)NCc1ccccc1[N+](=O)[O-]. The predicted molar refractivity (Wildman–Crippen MR) is 91.6 cm³/mol. The van der Waals surface area contributed by atoms with Crippen LogP contribution in [0.2, 0.25) is 0 Å². The minimum Gasteiger partial charge on any atom is -0.352 e. The van der Waals surface area contributed by atoms with Crippen LogP contribution in [0.5, 0.6) is 0 Å². The third kappa shape index (κ3) is 5.20. The Morgan fingerprint density at radius 2 is 1.69 bits per heavy atom. The highest BCUT2D eigenvalue weighted by Gasteiger charge is 2.29. The molecule has 0 amide bonds. The molecule has 2 N–H and O–H groups in total. The van der Waals surface area contributed by atoms with Gasteiger partial charge in [0.1, 0.15) is 0 Å². The third-order valence-electron chi connectivity index (χ3n) is 3.60. The van der Waals surface area contributed by atoms with Gasteiger partial charge < -0.3 is 10.6 Å². The van der Waals surface area contributed by atoms with Crippen LogP contribution in [-0.4, -0.2) is 17.9 Å². The summed E-state index contributed by atoms with van der Waals surface area (Å²) < 4.78 is 37.6. The Morgan fingerprint density at radius 3 is 2.27 bits per heavy atom. The number of aliphatic imine (C=N–C) groups is 1. The Kier molecular flexibility index (Phi) is 6.16. The first-order valence-electron chi connectivity index (χ1n) is 7.64. The van der Waals surface area contributed by atoms with E-state index < -0.39 is 16.7 Å². The fourth-order valence-corrected chi connectivity index (χ4v) is 2.24. The maximum Gasteiger partial charge on any atom is 0.416 e. The van der Waals surface area contributed by atoms with E-state index in [0.717, 1.165) is 12.1 Å². The molecule has 0 aliphatic rings. The molecule has 6 nitrogen and oxygen atoms in total. The van der Waals surface area contributed by atoms with Crippen molar-refractivity contribution in [3.63, 3.8) is 0 Å². The Morgan fingerprint density at radius 1 is 1.08 bits per heavy atom. The van der Waals surface area contributed by atoms with Gasteiger partial charge in [0, 0.05) is 31.8 Å². The van der Waals surface area contributed by atoms with Crippen molar-refractivity contribution in [2.45, 2.75) is 19.3 Å². The summed E-state index contributed by atoms with van der Waals surface area (Å²) in [4.78, 5) is 14.5. The molecule has 0 spiro atoms. The summed E-state index contributed by atoms with van der Waals surface area (Å²) in [6.07, 6.45) is -4.37. The second-order valence-corrected chi connectivity index (χ2v) is 5.36. The number of nitro benzene ring substituents is 1. The van der Waals surface area contributed by atoms with E-state index in [1.165, 1.54) is 25.2 Å². The van der Waals surface area contributed by atoms with Gasteiger partial charge in [-0.1, -0.05) is 30.3 Å². The number of nitro groups is 1. The number of nitrogens with one attached hydrogen (secondary N) is 2. The monoisotopic (exact) mass is 366 g/mol. The van der Waals surface area contributed by atoms with Crippen LogP contribution in [0.15, 0.2) is 53.5 Å². The molecule has 0 atom stereocenters. The summed E-state index contributed by atoms with van der Waals surface area (Å²) in [6.45, 7) is 0.443. The quantitative estimate of drug-likeness (QED) is 0.367. The molecule has 2 aromatic rings. The fraction of sp³-hybridized carbons (Fsp3) is 0.235. The van der Waals surface area contributed by atoms with Crippen LogP contribution >= 0.6 is 0 Å². The molecule has 2 rings (SSSR count). The van der Waals surface area contributed by atoms with E-state index in [4.69, 9.17) is 0 Å². The number of para-hydroxylation sites is 1. The molecular weight excluding hydrogens is 349 g/mol. The van der Waals surface area contributed by atoms with Crippen molar-refractivity contribution in [2.24, 2.45) is 4.99 Å². The van der Waals surface area contributed by atoms with Gasteiger partial charge in [-0.05, 0) is 17.7 Å². The number of alkyl halides is 3. The fourth-order valence-electron chi connectivity index (χ4n) is 2.24. The van der Waals surface area contributed by atoms with E-state index in [-0.39, 0.29) is 18.8 Å². The van der Waals surface area contributed by atoms with E-state index in [9.17, 15) is 23.3 Å². The van der Waals surface area contributed by atoms with E-state index in [1.54, 1.807) is 18.2 Å². The van der Waals surface area contributed by atoms with Gasteiger partial charge in [0.25, 0.3) is 5.69 Å². The lowest BCUT2D eigenvalue weighted by molar-refractivity contribution is -0.385. The van der Waals surface area contributed by atoms with E-state index in [0.29, 0.717) is 17.1 Å². The van der Waals surface area contributed by atoms with Crippen molar-refractivity contribution in [3.8, 4) is 0 Å². The van der Waals surface area contributed by atoms with Crippen LogP contribution in [0.25, 0.3) is 0 Å². The van der Waals surface area contributed by atoms with Crippen molar-refractivity contribution >= 4 is 11.6 Å². The summed E-state index contributed by atoms with van der Waals surface area (Å²) in [6, 6.07) is 11.1. The Balaban J connectivity index is 1.93. The van der Waals surface area contributed by atoms with Crippen LogP contribution in [0, 0.1) is 10.1 Å². The third-order valence-corrected chi connectivity index (χ3v) is 3.60. The highest BCUT2D eigenvalue weighted by Crippen LogP contribution is 2.29. The van der Waals surface area contributed by atoms with E-state index in [1.807, 2.05) is 0 Å². The minimum absolute atomic E-state index is 0.00167. The van der Waals surface area contributed by atoms with Crippen LogP contribution in [0.1, 0.15) is 16.7 Å². The first-order valence-corrected chi connectivity index (χ1v) is 7.64. The van der Waals surface area contributed by atoms with Gasteiger partial charge in [-0.3, -0.25) is 15.1 Å². The van der Waals surface area contributed by atoms with Gasteiger partial charge in [-0.2, -0.15) is 13.2 Å². The number of guanidine groups is 1. The highest BCUT2D eigenvalue weighted by atomic mass is 19.4. The van der Waals surface area contributed by atoms with E-state index >= 15 is 0 Å². The molecule has 0 saturated heterocycles. The van der Waals surface area contributed by atoms with Crippen LogP contribution in [0.3, 0.4) is 0 Å². The Hall–Kier alpha value is -3.10. The van der Waals surface area contributed by atoms with Gasteiger partial charge >= 0.3 is 6.18 Å².